The molecule has 4 heteroatoms. The number of nitrogens with zero attached hydrogens (tertiary/aromatic N) is 1. The molecule has 0 atom stereocenters. The molecule has 1 rings (SSSR count). The van der Waals surface area contributed by atoms with E-state index in [1.807, 2.05) is 0 Å². The molecule has 1 aliphatic rings. The van der Waals surface area contributed by atoms with Crippen LogP contribution in [0.4, 0.5) is 0 Å². The van der Waals surface area contributed by atoms with Gasteiger partial charge in [0.15, 0.2) is 0 Å². The van der Waals surface area contributed by atoms with Crippen molar-refractivity contribution < 1.29 is 8.98 Å². The van der Waals surface area contributed by atoms with E-state index >= 15 is 0 Å². The van der Waals surface area contributed by atoms with E-state index in [1.165, 1.54) is 18.1 Å². The summed E-state index contributed by atoms with van der Waals surface area (Å²) in [6, 6.07) is 0. The van der Waals surface area contributed by atoms with Gasteiger partial charge in [-0.25, -0.2) is 0 Å². The maximum absolute atomic E-state index is 11.1. The summed E-state index contributed by atoms with van der Waals surface area (Å²) in [7, 11) is 0. The number of hydrogen-bond acceptors (Lipinski definition) is 3. The minimum absolute atomic E-state index is 0.0111. The van der Waals surface area contributed by atoms with Gasteiger partial charge in [0.05, 0.1) is 12.5 Å². The van der Waals surface area contributed by atoms with Gasteiger partial charge in [-0.3, -0.25) is 4.79 Å². The van der Waals surface area contributed by atoms with E-state index in [1.54, 1.807) is 4.90 Å². The van der Waals surface area contributed by atoms with Gasteiger partial charge in [0, 0.05) is 18.6 Å². The number of carbonyl (C=O) groups excluding carboxylic acids is 1. The molecule has 0 saturated carbocycles. The van der Waals surface area contributed by atoms with E-state index in [-0.39, 0.29) is 5.91 Å². The largest absolute Gasteiger partial charge is 0.328 e. The molecule has 1 aliphatic heterocycles. The van der Waals surface area contributed by atoms with E-state index in [0.29, 0.717) is 5.88 Å². The standard InChI is InChI=1S/C7H11NO2S/c1-2-7(9)8-4-3-5-10-11-6-8/h2H,1,3-6H2. The second-order valence-corrected chi connectivity index (χ2v) is 2.96. The van der Waals surface area contributed by atoms with Crippen molar-refractivity contribution in [1.29, 1.82) is 0 Å². The van der Waals surface area contributed by atoms with Gasteiger partial charge in [0.2, 0.25) is 5.91 Å². The molecular weight excluding hydrogens is 162 g/mol. The fourth-order valence-electron chi connectivity index (χ4n) is 0.842. The topological polar surface area (TPSA) is 29.5 Å². The van der Waals surface area contributed by atoms with Crippen molar-refractivity contribution >= 4 is 17.9 Å². The zero-order valence-electron chi connectivity index (χ0n) is 6.28. The molecule has 11 heavy (non-hydrogen) atoms. The van der Waals surface area contributed by atoms with Crippen LogP contribution in [0.5, 0.6) is 0 Å². The molecule has 0 aromatic carbocycles. The third kappa shape index (κ3) is 2.55. The van der Waals surface area contributed by atoms with Crippen molar-refractivity contribution in [2.75, 3.05) is 19.0 Å². The van der Waals surface area contributed by atoms with Gasteiger partial charge in [0.25, 0.3) is 0 Å². The average molecular weight is 173 g/mol. The summed E-state index contributed by atoms with van der Waals surface area (Å²) in [6.07, 6.45) is 2.25. The minimum atomic E-state index is -0.0111. The quantitative estimate of drug-likeness (QED) is 0.438. The molecule has 0 aromatic heterocycles. The van der Waals surface area contributed by atoms with Gasteiger partial charge in [-0.1, -0.05) is 6.58 Å². The number of hydrogen-bond donors (Lipinski definition) is 0. The third-order valence-corrected chi connectivity index (χ3v) is 2.18. The van der Waals surface area contributed by atoms with Crippen LogP contribution in [0.3, 0.4) is 0 Å². The lowest BCUT2D eigenvalue weighted by Gasteiger charge is -2.15. The lowest BCUT2D eigenvalue weighted by Crippen LogP contribution is -2.28. The SMILES string of the molecule is C=CC(=O)N1CCCOSC1. The summed E-state index contributed by atoms with van der Waals surface area (Å²) in [4.78, 5) is 12.8. The van der Waals surface area contributed by atoms with Crippen LogP contribution < -0.4 is 0 Å². The fourth-order valence-corrected chi connectivity index (χ4v) is 1.54. The third-order valence-electron chi connectivity index (χ3n) is 1.43. The molecule has 0 aromatic rings. The molecular formula is C7H11NO2S. The second-order valence-electron chi connectivity index (χ2n) is 2.23. The van der Waals surface area contributed by atoms with E-state index in [4.69, 9.17) is 4.18 Å². The Labute approximate surface area is 70.6 Å². The highest BCUT2D eigenvalue weighted by Crippen LogP contribution is 2.12. The van der Waals surface area contributed by atoms with Crippen LogP contribution in [0, 0.1) is 0 Å². The fraction of sp³-hybridized carbons (Fsp3) is 0.571. The first-order valence-electron chi connectivity index (χ1n) is 3.50. The molecule has 0 aliphatic carbocycles. The van der Waals surface area contributed by atoms with Crippen LogP contribution in [-0.4, -0.2) is 29.8 Å². The Morgan fingerprint density at radius 2 is 2.55 bits per heavy atom. The van der Waals surface area contributed by atoms with Crippen molar-refractivity contribution in [3.8, 4) is 0 Å². The lowest BCUT2D eigenvalue weighted by atomic mass is 10.4. The Morgan fingerprint density at radius 3 is 3.27 bits per heavy atom. The second kappa shape index (κ2) is 4.41. The Morgan fingerprint density at radius 1 is 1.73 bits per heavy atom. The zero-order chi connectivity index (χ0) is 8.10. The van der Waals surface area contributed by atoms with Gasteiger partial charge in [0.1, 0.15) is 0 Å². The molecule has 1 saturated heterocycles. The first kappa shape index (κ1) is 8.62. The molecule has 3 nitrogen and oxygen atoms in total. The lowest BCUT2D eigenvalue weighted by molar-refractivity contribution is -0.125. The van der Waals surface area contributed by atoms with E-state index in [9.17, 15) is 4.79 Å². The number of rotatable bonds is 1. The van der Waals surface area contributed by atoms with E-state index in [2.05, 4.69) is 6.58 Å². The van der Waals surface area contributed by atoms with Gasteiger partial charge in [-0.15, -0.1) is 0 Å². The predicted octanol–water partition coefficient (Wildman–Crippen LogP) is 1.03. The molecule has 0 radical (unpaired) electrons. The minimum Gasteiger partial charge on any atom is -0.328 e. The summed E-state index contributed by atoms with van der Waals surface area (Å²) in [5.74, 6) is 0.605. The van der Waals surface area contributed by atoms with E-state index in [0.717, 1.165) is 19.6 Å². The Bertz CT molecular complexity index is 153. The molecule has 0 unspecified atom stereocenters. The highest BCUT2D eigenvalue weighted by atomic mass is 32.2. The van der Waals surface area contributed by atoms with Crippen LogP contribution >= 0.6 is 12.0 Å². The van der Waals surface area contributed by atoms with Crippen molar-refractivity contribution in [2.24, 2.45) is 0 Å². The molecule has 0 N–H and O–H groups in total. The molecule has 0 spiro atoms. The van der Waals surface area contributed by atoms with Crippen LogP contribution in [0.2, 0.25) is 0 Å². The summed E-state index contributed by atoms with van der Waals surface area (Å²) in [6.45, 7) is 4.93. The molecule has 1 heterocycles. The molecule has 62 valence electrons. The van der Waals surface area contributed by atoms with Crippen molar-refractivity contribution in [3.63, 3.8) is 0 Å². The Hall–Kier alpha value is -0.480. The molecule has 1 amide bonds. The van der Waals surface area contributed by atoms with Crippen molar-refractivity contribution in [1.82, 2.24) is 4.90 Å². The predicted molar refractivity (Wildman–Crippen MR) is 44.9 cm³/mol. The van der Waals surface area contributed by atoms with Gasteiger partial charge < -0.3 is 9.08 Å². The van der Waals surface area contributed by atoms with Gasteiger partial charge >= 0.3 is 0 Å². The summed E-state index contributed by atoms with van der Waals surface area (Å²) in [5.41, 5.74) is 0. The number of amides is 1. The van der Waals surface area contributed by atoms with Crippen molar-refractivity contribution in [2.45, 2.75) is 6.42 Å². The maximum atomic E-state index is 11.1. The van der Waals surface area contributed by atoms with E-state index < -0.39 is 0 Å². The van der Waals surface area contributed by atoms with Crippen LogP contribution in [0.1, 0.15) is 6.42 Å². The smallest absolute Gasteiger partial charge is 0.246 e. The summed E-state index contributed by atoms with van der Waals surface area (Å²) < 4.78 is 5.11. The first-order valence-corrected chi connectivity index (χ1v) is 4.41. The highest BCUT2D eigenvalue weighted by molar-refractivity contribution is 7.94. The number of carbonyl (C=O) groups is 1. The monoisotopic (exact) mass is 173 g/mol. The van der Waals surface area contributed by atoms with Gasteiger partial charge in [-0.2, -0.15) is 0 Å². The highest BCUT2D eigenvalue weighted by Gasteiger charge is 2.12. The normalized spacial score (nSPS) is 19.1. The zero-order valence-corrected chi connectivity index (χ0v) is 7.10. The summed E-state index contributed by atoms with van der Waals surface area (Å²) >= 11 is 1.32. The summed E-state index contributed by atoms with van der Waals surface area (Å²) in [5, 5.41) is 0. The Kier molecular flexibility index (Phi) is 3.45. The van der Waals surface area contributed by atoms with Gasteiger partial charge in [-0.05, 0) is 12.5 Å². The van der Waals surface area contributed by atoms with Crippen LogP contribution in [-0.2, 0) is 8.98 Å². The molecule has 1 fully saturated rings. The maximum Gasteiger partial charge on any atom is 0.246 e. The van der Waals surface area contributed by atoms with Crippen molar-refractivity contribution in [3.05, 3.63) is 12.7 Å². The first-order chi connectivity index (χ1) is 5.34. The van der Waals surface area contributed by atoms with Crippen LogP contribution in [0.15, 0.2) is 12.7 Å². The van der Waals surface area contributed by atoms with Crippen LogP contribution in [0.25, 0.3) is 0 Å². The average Bonchev–Trinajstić information content (AvgIpc) is 2.30. The Balaban J connectivity index is 2.42. The molecule has 0 bridgehead atoms.